The number of aliphatic hydroxyl groups excluding tert-OH is 2. The highest BCUT2D eigenvalue weighted by Crippen LogP contribution is 2.33. The topological polar surface area (TPSA) is 318 Å². The Bertz CT molecular complexity index is 3530. The lowest BCUT2D eigenvalue weighted by Gasteiger charge is -2.17. The number of nitriles is 1. The fourth-order valence-corrected chi connectivity index (χ4v) is 10.3. The lowest BCUT2D eigenvalue weighted by Crippen LogP contribution is -2.24. The molecule has 0 saturated carbocycles. The molecule has 23 heteroatoms. The van der Waals surface area contributed by atoms with Crippen molar-refractivity contribution in [1.29, 1.82) is 5.26 Å². The number of allylic oxidation sites excluding steroid dienone is 1. The number of fused-ring (bicyclic) bond motifs is 2. The van der Waals surface area contributed by atoms with Gasteiger partial charge < -0.3 is 40.5 Å². The molecule has 0 bridgehead atoms. The van der Waals surface area contributed by atoms with Crippen LogP contribution < -0.4 is 10.6 Å². The van der Waals surface area contributed by atoms with Gasteiger partial charge in [-0.05, 0) is 141 Å². The number of methoxy groups -OCH3 is 2. The molecule has 21 nitrogen and oxygen atoms in total. The number of aromatic nitrogens is 4. The second-order valence-corrected chi connectivity index (χ2v) is 27.2. The molecule has 0 saturated heterocycles. The summed E-state index contributed by atoms with van der Waals surface area (Å²) in [7, 11) is 2.67. The number of carboxylic acid groups (broad SMARTS) is 2. The SMILES string of the molecule is C=C(CC(C)C)C(=O)Cl.C=C(CC(C)C)C(=O)Nc1c(-c2ccccc2)nc2c(C(=O)OC)cccn12.CC(C)CC(CO)C(=O)O.CCC(CC(C)C)C(=O)Cl.CCC(CC(C)C)C(=O)Nc1c(-c2ccccc2)nc2c(C(=O)OC)cccn12.CCC(CC(C)C)C(=O)O.N#CCCO. The molecule has 2 amide bonds. The van der Waals surface area contributed by atoms with E-state index < -0.39 is 35.0 Å². The maximum absolute atomic E-state index is 13.0. The van der Waals surface area contributed by atoms with Gasteiger partial charge in [0.05, 0.1) is 51.8 Å². The van der Waals surface area contributed by atoms with Crippen molar-refractivity contribution in [2.75, 3.05) is 38.1 Å². The van der Waals surface area contributed by atoms with E-state index in [2.05, 4.69) is 56.5 Å². The number of imidazole rings is 2. The number of pyridine rings is 2. The molecule has 101 heavy (non-hydrogen) atoms. The van der Waals surface area contributed by atoms with Crippen LogP contribution in [0.5, 0.6) is 0 Å². The summed E-state index contributed by atoms with van der Waals surface area (Å²) in [6.45, 7) is 37.6. The van der Waals surface area contributed by atoms with Gasteiger partial charge in [-0.25, -0.2) is 19.6 Å². The Labute approximate surface area is 608 Å². The molecule has 0 aliphatic heterocycles. The summed E-state index contributed by atoms with van der Waals surface area (Å²) in [5.74, 6) is 0.0593. The number of rotatable bonds is 29. The number of hydrogen-bond donors (Lipinski definition) is 6. The number of anilines is 2. The zero-order valence-corrected chi connectivity index (χ0v) is 63.8. The molecule has 556 valence electrons. The van der Waals surface area contributed by atoms with Gasteiger partial charge in [-0.1, -0.05) is 178 Å². The predicted molar refractivity (Wildman–Crippen MR) is 402 cm³/mol. The van der Waals surface area contributed by atoms with Crippen molar-refractivity contribution in [1.82, 2.24) is 18.8 Å². The number of amides is 2. The third kappa shape index (κ3) is 34.6. The molecule has 2 aromatic carbocycles. The first-order valence-corrected chi connectivity index (χ1v) is 35.0. The molecule has 4 atom stereocenters. The Morgan fingerprint density at radius 3 is 1.16 bits per heavy atom. The lowest BCUT2D eigenvalue weighted by atomic mass is 9.94. The molecule has 6 aromatic rings. The first-order chi connectivity index (χ1) is 47.5. The Balaban J connectivity index is 0.00000127. The van der Waals surface area contributed by atoms with E-state index in [1.54, 1.807) is 51.5 Å². The van der Waals surface area contributed by atoms with Crippen LogP contribution in [0, 0.1) is 70.5 Å². The molecule has 0 fully saturated rings. The monoisotopic (exact) mass is 1440 g/mol. The van der Waals surface area contributed by atoms with E-state index in [0.717, 1.165) is 49.7 Å². The fourth-order valence-electron chi connectivity index (χ4n) is 9.98. The number of hydrogen-bond acceptors (Lipinski definition) is 15. The van der Waals surface area contributed by atoms with E-state index >= 15 is 0 Å². The first-order valence-electron chi connectivity index (χ1n) is 34.3. The van der Waals surface area contributed by atoms with E-state index in [4.69, 9.17) is 63.3 Å². The molecular weight excluding hydrogens is 1330 g/mol. The molecule has 4 heterocycles. The predicted octanol–water partition coefficient (Wildman–Crippen LogP) is 17.1. The number of carbonyl (C=O) groups is 8. The molecule has 0 spiro atoms. The van der Waals surface area contributed by atoms with Gasteiger partial charge in [0.25, 0.3) is 5.91 Å². The van der Waals surface area contributed by atoms with Crippen molar-refractivity contribution < 1.29 is 68.3 Å². The van der Waals surface area contributed by atoms with Crippen LogP contribution in [0.2, 0.25) is 0 Å². The number of aliphatic hydroxyl groups is 2. The second-order valence-electron chi connectivity index (χ2n) is 26.5. The van der Waals surface area contributed by atoms with Crippen molar-refractivity contribution in [3.05, 3.63) is 133 Å². The normalized spacial score (nSPS) is 11.7. The van der Waals surface area contributed by atoms with E-state index in [9.17, 15) is 38.4 Å². The van der Waals surface area contributed by atoms with Crippen LogP contribution >= 0.6 is 23.2 Å². The average molecular weight is 1440 g/mol. The van der Waals surface area contributed by atoms with Crippen molar-refractivity contribution in [3.63, 3.8) is 0 Å². The van der Waals surface area contributed by atoms with Crippen LogP contribution in [-0.2, 0) is 38.2 Å². The molecule has 0 aliphatic carbocycles. The van der Waals surface area contributed by atoms with Gasteiger partial charge in [0.15, 0.2) is 11.3 Å². The Kier molecular flexibility index (Phi) is 45.7. The van der Waals surface area contributed by atoms with Crippen LogP contribution in [0.3, 0.4) is 0 Å². The highest BCUT2D eigenvalue weighted by molar-refractivity contribution is 6.67. The summed E-state index contributed by atoms with van der Waals surface area (Å²) in [5, 5.41) is 46.6. The fraction of sp³-hybridized carbons (Fsp3) is 0.500. The van der Waals surface area contributed by atoms with Gasteiger partial charge in [-0.2, -0.15) is 5.26 Å². The van der Waals surface area contributed by atoms with Crippen molar-refractivity contribution in [2.24, 2.45) is 59.2 Å². The average Bonchev–Trinajstić information content (AvgIpc) is 1.63. The number of halogens is 2. The summed E-state index contributed by atoms with van der Waals surface area (Å²) in [5.41, 5.74) is 5.41. The minimum Gasteiger partial charge on any atom is -0.481 e. The van der Waals surface area contributed by atoms with Crippen LogP contribution in [0.1, 0.15) is 189 Å². The Morgan fingerprint density at radius 2 is 0.891 bits per heavy atom. The summed E-state index contributed by atoms with van der Waals surface area (Å²) >= 11 is 10.5. The number of nitrogens with one attached hydrogen (secondary N) is 2. The largest absolute Gasteiger partial charge is 0.481 e. The van der Waals surface area contributed by atoms with Crippen molar-refractivity contribution >= 4 is 92.3 Å². The number of benzene rings is 2. The van der Waals surface area contributed by atoms with E-state index in [0.29, 0.717) is 111 Å². The summed E-state index contributed by atoms with van der Waals surface area (Å²) in [6, 6.07) is 27.7. The van der Waals surface area contributed by atoms with Gasteiger partial charge in [0.1, 0.15) is 34.2 Å². The molecular formula is C78H111Cl2N7O14. The number of carboxylic acids is 2. The van der Waals surface area contributed by atoms with Gasteiger partial charge in [-0.15, -0.1) is 0 Å². The van der Waals surface area contributed by atoms with E-state index in [-0.39, 0.29) is 54.4 Å². The quantitative estimate of drug-likeness (QED) is 0.0144. The maximum Gasteiger partial charge on any atom is 0.341 e. The summed E-state index contributed by atoms with van der Waals surface area (Å²) < 4.78 is 13.2. The zero-order valence-electron chi connectivity index (χ0n) is 62.3. The number of nitrogens with zero attached hydrogens (tertiary/aromatic N) is 5. The summed E-state index contributed by atoms with van der Waals surface area (Å²) in [6.07, 6.45) is 10.5. The van der Waals surface area contributed by atoms with Gasteiger partial charge in [-0.3, -0.25) is 37.6 Å². The second kappa shape index (κ2) is 49.9. The third-order valence-electron chi connectivity index (χ3n) is 14.9. The molecule has 4 aromatic heterocycles. The van der Waals surface area contributed by atoms with Crippen LogP contribution in [0.15, 0.2) is 122 Å². The zero-order chi connectivity index (χ0) is 77.2. The van der Waals surface area contributed by atoms with E-state index in [1.807, 2.05) is 137 Å². The molecule has 6 rings (SSSR count). The number of carbonyl (C=O) groups excluding carboxylic acids is 6. The lowest BCUT2D eigenvalue weighted by molar-refractivity contribution is -0.144. The highest BCUT2D eigenvalue weighted by atomic mass is 35.5. The van der Waals surface area contributed by atoms with Crippen LogP contribution in [0.25, 0.3) is 33.8 Å². The third-order valence-corrected chi connectivity index (χ3v) is 15.5. The van der Waals surface area contributed by atoms with Gasteiger partial charge in [0.2, 0.25) is 16.4 Å². The molecule has 6 N–H and O–H groups in total. The molecule has 0 radical (unpaired) electrons. The highest BCUT2D eigenvalue weighted by Gasteiger charge is 2.26. The number of esters is 2. The van der Waals surface area contributed by atoms with Crippen molar-refractivity contribution in [3.8, 4) is 28.6 Å². The minimum absolute atomic E-state index is 0.0174. The Hall–Kier alpha value is -8.55. The van der Waals surface area contributed by atoms with E-state index in [1.165, 1.54) is 14.2 Å². The number of ether oxygens (including phenoxy) is 2. The van der Waals surface area contributed by atoms with Crippen molar-refractivity contribution in [2.45, 2.75) is 168 Å². The Morgan fingerprint density at radius 1 is 0.525 bits per heavy atom. The standard InChI is InChI=1S/C23H27N3O3.C22H23N3O3.C8H15ClO.C8H16O2.C7H11ClO.C7H14O3.C3H5NO/c1-5-16(14-15(2)3)22(27)25-21-19(17-10-7-6-8-11-17)24-20-18(23(28)29-4)12-9-13-26(20)21;1-14(2)13-15(3)21(26)24-20-18(16-9-6-5-7-10-16)23-19-17(22(27)28-4)11-8-12-25(19)20;2*1-4-7(8(9)10)5-6(2)3;1-5(2)4-6(3)7(8)9;1-5(2)3-6(4-8)7(9)10;4-2-1-3-5/h6-13,15-16H,5,14H2,1-4H3,(H,25,27);5-12,14H,3,13H2,1-2,4H3,(H,24,26);6-7H,4-5H2,1-3H3;6-7H,4-5H2,1-3H3,(H,9,10);5H,3-4H2,1-2H3;5-6,8H,3-4H2,1-2H3,(H,9,10);5H,1,3H2. The maximum atomic E-state index is 13.0. The first kappa shape index (κ1) is 92.4. The van der Waals surface area contributed by atoms with Crippen LogP contribution in [-0.4, -0.2) is 113 Å². The van der Waals surface area contributed by atoms with Crippen LogP contribution in [0.4, 0.5) is 11.6 Å². The van der Waals surface area contributed by atoms with Gasteiger partial charge >= 0.3 is 23.9 Å². The number of aliphatic carboxylic acids is 2. The molecule has 0 aliphatic rings. The smallest absolute Gasteiger partial charge is 0.341 e. The minimum atomic E-state index is -0.906. The summed E-state index contributed by atoms with van der Waals surface area (Å²) in [4.78, 5) is 101. The van der Waals surface area contributed by atoms with Gasteiger partial charge in [0, 0.05) is 46.5 Å². The molecule has 4 unspecified atom stereocenters.